The van der Waals surface area contributed by atoms with E-state index in [0.29, 0.717) is 0 Å². The van der Waals surface area contributed by atoms with E-state index in [4.69, 9.17) is 15.3 Å². The second-order valence-corrected chi connectivity index (χ2v) is 3.39. The molecule has 1 atom stereocenters. The van der Waals surface area contributed by atoms with E-state index in [9.17, 15) is 14.4 Å². The Labute approximate surface area is 80.2 Å². The van der Waals surface area contributed by atoms with Gasteiger partial charge in [0.15, 0.2) is 5.41 Å². The molecule has 0 saturated carbocycles. The van der Waals surface area contributed by atoms with Crippen molar-refractivity contribution >= 4 is 17.9 Å². The molecule has 0 aliphatic carbocycles. The molecule has 0 aromatic carbocycles. The number of hydrogen-bond donors (Lipinski definition) is 3. The fourth-order valence-electron chi connectivity index (χ4n) is 0.966. The molecule has 0 rings (SSSR count). The van der Waals surface area contributed by atoms with Gasteiger partial charge in [0.2, 0.25) is 0 Å². The molecule has 0 aliphatic rings. The number of carboxylic acid groups (broad SMARTS) is 3. The highest BCUT2D eigenvalue weighted by atomic mass is 16.4. The summed E-state index contributed by atoms with van der Waals surface area (Å²) in [6.07, 6.45) is -0.438. The first-order chi connectivity index (χ1) is 6.21. The van der Waals surface area contributed by atoms with Gasteiger partial charge in [-0.2, -0.15) is 0 Å². The number of rotatable bonds is 5. The molecule has 6 nitrogen and oxygen atoms in total. The lowest BCUT2D eigenvalue weighted by atomic mass is 9.81. The Kier molecular flexibility index (Phi) is 3.62. The van der Waals surface area contributed by atoms with Crippen LogP contribution in [0.15, 0.2) is 0 Å². The first-order valence-electron chi connectivity index (χ1n) is 3.91. The van der Waals surface area contributed by atoms with Crippen LogP contribution in [0.25, 0.3) is 0 Å². The van der Waals surface area contributed by atoms with E-state index in [0.717, 1.165) is 6.92 Å². The maximum absolute atomic E-state index is 10.6. The van der Waals surface area contributed by atoms with Gasteiger partial charge in [0.25, 0.3) is 0 Å². The van der Waals surface area contributed by atoms with Crippen molar-refractivity contribution in [2.45, 2.75) is 20.3 Å². The van der Waals surface area contributed by atoms with Crippen molar-refractivity contribution in [3.63, 3.8) is 0 Å². The summed E-state index contributed by atoms with van der Waals surface area (Å²) in [5, 5.41) is 25.8. The Morgan fingerprint density at radius 1 is 1.14 bits per heavy atom. The van der Waals surface area contributed by atoms with Crippen molar-refractivity contribution in [3.8, 4) is 0 Å². The van der Waals surface area contributed by atoms with Gasteiger partial charge in [0.05, 0.1) is 5.92 Å². The standard InChI is InChI=1S/C8H12O6/c1-4(5(9)10)3-8(2,6(11)12)7(13)14/h4H,3H2,1-2H3,(H,9,10)(H,11,12)(H,13,14)/t4-/m0/s1. The molecule has 0 fully saturated rings. The molecule has 0 saturated heterocycles. The Hall–Kier alpha value is -1.59. The minimum atomic E-state index is -2.04. The highest BCUT2D eigenvalue weighted by Gasteiger charge is 2.43. The van der Waals surface area contributed by atoms with Crippen LogP contribution in [0, 0.1) is 11.3 Å². The topological polar surface area (TPSA) is 112 Å². The highest BCUT2D eigenvalue weighted by molar-refractivity contribution is 5.98. The fraction of sp³-hybridized carbons (Fsp3) is 0.625. The Bertz CT molecular complexity index is 255. The molecule has 0 aromatic heterocycles. The number of carboxylic acids is 3. The number of aliphatic carboxylic acids is 3. The molecule has 0 aliphatic heterocycles. The summed E-state index contributed by atoms with van der Waals surface area (Å²) in [5.41, 5.74) is -2.04. The summed E-state index contributed by atoms with van der Waals surface area (Å²) in [7, 11) is 0. The smallest absolute Gasteiger partial charge is 0.320 e. The summed E-state index contributed by atoms with van der Waals surface area (Å²) in [6, 6.07) is 0. The lowest BCUT2D eigenvalue weighted by Crippen LogP contribution is -2.39. The summed E-state index contributed by atoms with van der Waals surface area (Å²) >= 11 is 0. The van der Waals surface area contributed by atoms with E-state index >= 15 is 0 Å². The number of hydrogen-bond acceptors (Lipinski definition) is 3. The summed E-state index contributed by atoms with van der Waals surface area (Å²) < 4.78 is 0. The van der Waals surface area contributed by atoms with Crippen LogP contribution in [-0.2, 0) is 14.4 Å². The Balaban J connectivity index is 4.79. The molecule has 0 heterocycles. The lowest BCUT2D eigenvalue weighted by molar-refractivity contribution is -0.165. The van der Waals surface area contributed by atoms with Crippen LogP contribution in [0.1, 0.15) is 20.3 Å². The van der Waals surface area contributed by atoms with E-state index in [1.807, 2.05) is 0 Å². The first kappa shape index (κ1) is 12.4. The third-order valence-corrected chi connectivity index (χ3v) is 2.08. The third-order valence-electron chi connectivity index (χ3n) is 2.08. The maximum atomic E-state index is 10.6. The van der Waals surface area contributed by atoms with Gasteiger partial charge >= 0.3 is 17.9 Å². The average Bonchev–Trinajstić information content (AvgIpc) is 2.02. The van der Waals surface area contributed by atoms with Crippen molar-refractivity contribution in [2.24, 2.45) is 11.3 Å². The predicted molar refractivity (Wildman–Crippen MR) is 44.8 cm³/mol. The lowest BCUT2D eigenvalue weighted by Gasteiger charge is -2.21. The second-order valence-electron chi connectivity index (χ2n) is 3.39. The van der Waals surface area contributed by atoms with Crippen molar-refractivity contribution < 1.29 is 29.7 Å². The van der Waals surface area contributed by atoms with Crippen molar-refractivity contribution in [2.75, 3.05) is 0 Å². The highest BCUT2D eigenvalue weighted by Crippen LogP contribution is 2.27. The summed E-state index contributed by atoms with van der Waals surface area (Å²) in [6.45, 7) is 2.27. The molecular formula is C8H12O6. The molecule has 0 bridgehead atoms. The van der Waals surface area contributed by atoms with Crippen molar-refractivity contribution in [1.82, 2.24) is 0 Å². The monoisotopic (exact) mass is 204 g/mol. The quantitative estimate of drug-likeness (QED) is 0.554. The normalized spacial score (nSPS) is 13.3. The van der Waals surface area contributed by atoms with Gasteiger partial charge in [-0.25, -0.2) is 0 Å². The molecule has 0 radical (unpaired) electrons. The van der Waals surface area contributed by atoms with Gasteiger partial charge in [-0.3, -0.25) is 14.4 Å². The molecule has 14 heavy (non-hydrogen) atoms. The van der Waals surface area contributed by atoms with Crippen molar-refractivity contribution in [1.29, 1.82) is 0 Å². The zero-order chi connectivity index (χ0) is 11.5. The zero-order valence-corrected chi connectivity index (χ0v) is 7.85. The van der Waals surface area contributed by atoms with Crippen LogP contribution in [-0.4, -0.2) is 33.2 Å². The van der Waals surface area contributed by atoms with E-state index in [2.05, 4.69) is 0 Å². The Morgan fingerprint density at radius 3 is 1.71 bits per heavy atom. The zero-order valence-electron chi connectivity index (χ0n) is 7.85. The SMILES string of the molecule is C[C@@H](CC(C)(C(=O)O)C(=O)O)C(=O)O. The molecule has 0 unspecified atom stereocenters. The molecule has 3 N–H and O–H groups in total. The van der Waals surface area contributed by atoms with E-state index in [1.54, 1.807) is 0 Å². The second kappa shape index (κ2) is 4.08. The summed E-state index contributed by atoms with van der Waals surface area (Å²) in [5.74, 6) is -5.28. The molecule has 0 aromatic rings. The van der Waals surface area contributed by atoms with Gasteiger partial charge in [-0.1, -0.05) is 6.92 Å². The van der Waals surface area contributed by atoms with Gasteiger partial charge in [0, 0.05) is 0 Å². The van der Waals surface area contributed by atoms with Crippen LogP contribution < -0.4 is 0 Å². The average molecular weight is 204 g/mol. The van der Waals surface area contributed by atoms with Gasteiger partial charge in [-0.15, -0.1) is 0 Å². The van der Waals surface area contributed by atoms with Gasteiger partial charge < -0.3 is 15.3 Å². The largest absolute Gasteiger partial charge is 0.481 e. The van der Waals surface area contributed by atoms with E-state index in [1.165, 1.54) is 6.92 Å². The first-order valence-corrected chi connectivity index (χ1v) is 3.91. The van der Waals surface area contributed by atoms with E-state index in [-0.39, 0.29) is 0 Å². The minimum absolute atomic E-state index is 0.438. The molecular weight excluding hydrogens is 192 g/mol. The van der Waals surface area contributed by atoms with Crippen LogP contribution in [0.2, 0.25) is 0 Å². The minimum Gasteiger partial charge on any atom is -0.481 e. The molecule has 80 valence electrons. The van der Waals surface area contributed by atoms with Crippen LogP contribution >= 0.6 is 0 Å². The van der Waals surface area contributed by atoms with Crippen LogP contribution in [0.3, 0.4) is 0 Å². The fourth-order valence-corrected chi connectivity index (χ4v) is 0.966. The number of carbonyl (C=O) groups is 3. The Morgan fingerprint density at radius 2 is 1.50 bits per heavy atom. The third kappa shape index (κ3) is 2.45. The molecule has 0 amide bonds. The van der Waals surface area contributed by atoms with Crippen LogP contribution in [0.4, 0.5) is 0 Å². The molecule has 6 heteroatoms. The van der Waals surface area contributed by atoms with Gasteiger partial charge in [0.1, 0.15) is 0 Å². The predicted octanol–water partition coefficient (Wildman–Crippen LogP) is 0.273. The van der Waals surface area contributed by atoms with Crippen LogP contribution in [0.5, 0.6) is 0 Å². The van der Waals surface area contributed by atoms with Crippen molar-refractivity contribution in [3.05, 3.63) is 0 Å². The van der Waals surface area contributed by atoms with E-state index < -0.39 is 35.7 Å². The summed E-state index contributed by atoms with van der Waals surface area (Å²) in [4.78, 5) is 31.7. The maximum Gasteiger partial charge on any atom is 0.320 e. The molecule has 0 spiro atoms. The van der Waals surface area contributed by atoms with Gasteiger partial charge in [-0.05, 0) is 13.3 Å².